The number of benzene rings is 1. The molecular weight excluding hydrogens is 384 g/mol. The molecule has 5 heteroatoms. The molecule has 0 aromatic heterocycles. The standard InChI is InChI=1S/C19H29BrO3Si/c1-18(2,3)24(5,6)22-11-7-10-19(4)13-16(21)15-12-14(20)8-9-17(15)23-19/h8-9,12H,7,10-11,13H2,1-6H3. The number of ketones is 1. The quantitative estimate of drug-likeness (QED) is 0.440. The highest BCUT2D eigenvalue weighted by atomic mass is 79.9. The van der Waals surface area contributed by atoms with Crippen LogP contribution in [0.1, 0.15) is 57.3 Å². The van der Waals surface area contributed by atoms with E-state index in [4.69, 9.17) is 9.16 Å². The zero-order valence-corrected chi connectivity index (χ0v) is 18.2. The van der Waals surface area contributed by atoms with Crippen LogP contribution in [0.5, 0.6) is 5.75 Å². The van der Waals surface area contributed by atoms with Gasteiger partial charge in [0.1, 0.15) is 11.4 Å². The molecular formula is C19H29BrO3Si. The number of halogens is 1. The third-order valence-corrected chi connectivity index (χ3v) is 10.3. The summed E-state index contributed by atoms with van der Waals surface area (Å²) in [5, 5.41) is 0.223. The lowest BCUT2D eigenvalue weighted by atomic mass is 9.88. The molecule has 0 fully saturated rings. The first kappa shape index (κ1) is 19.7. The second-order valence-electron chi connectivity index (χ2n) is 8.50. The van der Waals surface area contributed by atoms with Crippen molar-refractivity contribution in [2.45, 2.75) is 70.7 Å². The summed E-state index contributed by atoms with van der Waals surface area (Å²) in [6.45, 7) is 14.0. The smallest absolute Gasteiger partial charge is 0.191 e. The summed E-state index contributed by atoms with van der Waals surface area (Å²) in [7, 11) is -1.71. The van der Waals surface area contributed by atoms with Crippen molar-refractivity contribution in [3.63, 3.8) is 0 Å². The number of hydrogen-bond acceptors (Lipinski definition) is 3. The van der Waals surface area contributed by atoms with Gasteiger partial charge in [-0.2, -0.15) is 0 Å². The zero-order valence-electron chi connectivity index (χ0n) is 15.7. The average Bonchev–Trinajstić information content (AvgIpc) is 2.43. The molecule has 0 saturated carbocycles. The Balaban J connectivity index is 1.94. The van der Waals surface area contributed by atoms with Gasteiger partial charge in [-0.1, -0.05) is 36.7 Å². The highest BCUT2D eigenvalue weighted by Crippen LogP contribution is 2.38. The summed E-state index contributed by atoms with van der Waals surface area (Å²) in [5.74, 6) is 0.854. The maximum atomic E-state index is 12.5. The second-order valence-corrected chi connectivity index (χ2v) is 14.2. The SMILES string of the molecule is CC1(CCCO[Si](C)(C)C(C)(C)C)CC(=O)c2cc(Br)ccc2O1. The number of carbonyl (C=O) groups excluding carboxylic acids is 1. The normalized spacial score (nSPS) is 21.4. The largest absolute Gasteiger partial charge is 0.486 e. The van der Waals surface area contributed by atoms with E-state index in [1.54, 1.807) is 0 Å². The number of rotatable bonds is 5. The van der Waals surface area contributed by atoms with Crippen molar-refractivity contribution >= 4 is 30.0 Å². The number of hydrogen-bond donors (Lipinski definition) is 0. The van der Waals surface area contributed by atoms with Gasteiger partial charge in [0, 0.05) is 11.1 Å². The third-order valence-electron chi connectivity index (χ3n) is 5.25. The molecule has 1 aliphatic rings. The summed E-state index contributed by atoms with van der Waals surface area (Å²) in [5.41, 5.74) is 0.244. The predicted molar refractivity (Wildman–Crippen MR) is 105 cm³/mol. The van der Waals surface area contributed by atoms with Crippen LogP contribution in [-0.2, 0) is 4.43 Å². The molecule has 1 unspecified atom stereocenters. The molecule has 1 aliphatic heterocycles. The van der Waals surface area contributed by atoms with E-state index in [9.17, 15) is 4.79 Å². The minimum absolute atomic E-state index is 0.158. The van der Waals surface area contributed by atoms with E-state index in [1.165, 1.54) is 0 Å². The zero-order chi connectivity index (χ0) is 18.2. The molecule has 0 N–H and O–H groups in total. The molecule has 1 aromatic rings. The maximum absolute atomic E-state index is 12.5. The Morgan fingerprint density at radius 2 is 2.00 bits per heavy atom. The summed E-state index contributed by atoms with van der Waals surface area (Å²) in [6, 6.07) is 5.64. The van der Waals surface area contributed by atoms with Crippen molar-refractivity contribution in [1.29, 1.82) is 0 Å². The Morgan fingerprint density at radius 1 is 1.33 bits per heavy atom. The Bertz CT molecular complexity index is 622. The van der Waals surface area contributed by atoms with Crippen LogP contribution in [-0.4, -0.2) is 26.3 Å². The molecule has 0 saturated heterocycles. The molecule has 1 aromatic carbocycles. The lowest BCUT2D eigenvalue weighted by Gasteiger charge is -2.37. The van der Waals surface area contributed by atoms with Gasteiger partial charge in [-0.05, 0) is 56.1 Å². The fourth-order valence-corrected chi connectivity index (χ4v) is 4.12. The van der Waals surface area contributed by atoms with Gasteiger partial charge in [0.2, 0.25) is 0 Å². The summed E-state index contributed by atoms with van der Waals surface area (Å²) < 4.78 is 13.3. The first-order valence-corrected chi connectivity index (χ1v) is 12.3. The molecule has 24 heavy (non-hydrogen) atoms. The number of ether oxygens (including phenoxy) is 1. The molecule has 0 radical (unpaired) electrons. The molecule has 2 rings (SSSR count). The summed E-state index contributed by atoms with van der Waals surface area (Å²) in [4.78, 5) is 12.5. The van der Waals surface area contributed by atoms with Gasteiger partial charge in [0.25, 0.3) is 0 Å². The van der Waals surface area contributed by atoms with Crippen LogP contribution in [0.4, 0.5) is 0 Å². The minimum atomic E-state index is -1.71. The van der Waals surface area contributed by atoms with E-state index in [-0.39, 0.29) is 10.8 Å². The number of fused-ring (bicyclic) bond motifs is 1. The van der Waals surface area contributed by atoms with E-state index in [2.05, 4.69) is 49.8 Å². The van der Waals surface area contributed by atoms with Gasteiger partial charge in [0.05, 0.1) is 12.0 Å². The van der Waals surface area contributed by atoms with Crippen LogP contribution in [0.15, 0.2) is 22.7 Å². The van der Waals surface area contributed by atoms with Crippen LogP contribution in [0, 0.1) is 0 Å². The van der Waals surface area contributed by atoms with Crippen molar-refractivity contribution < 1.29 is 14.0 Å². The Hall–Kier alpha value is -0.653. The van der Waals surface area contributed by atoms with Crippen molar-refractivity contribution in [2.75, 3.05) is 6.61 Å². The fourth-order valence-electron chi connectivity index (χ4n) is 2.67. The Kier molecular flexibility index (Phi) is 5.68. The molecule has 134 valence electrons. The van der Waals surface area contributed by atoms with Crippen molar-refractivity contribution in [1.82, 2.24) is 0 Å². The van der Waals surface area contributed by atoms with Crippen LogP contribution in [0.3, 0.4) is 0 Å². The van der Waals surface area contributed by atoms with Gasteiger partial charge in [-0.3, -0.25) is 4.79 Å². The second kappa shape index (κ2) is 6.93. The lowest BCUT2D eigenvalue weighted by Crippen LogP contribution is -2.42. The minimum Gasteiger partial charge on any atom is -0.486 e. The fraction of sp³-hybridized carbons (Fsp3) is 0.632. The van der Waals surface area contributed by atoms with Gasteiger partial charge in [-0.25, -0.2) is 0 Å². The first-order valence-electron chi connectivity index (χ1n) is 8.59. The topological polar surface area (TPSA) is 35.5 Å². The molecule has 0 bridgehead atoms. The van der Waals surface area contributed by atoms with Crippen LogP contribution in [0.25, 0.3) is 0 Å². The average molecular weight is 413 g/mol. The molecule has 1 heterocycles. The van der Waals surface area contributed by atoms with Crippen molar-refractivity contribution in [2.24, 2.45) is 0 Å². The lowest BCUT2D eigenvalue weighted by molar-refractivity contribution is 0.0428. The highest BCUT2D eigenvalue weighted by molar-refractivity contribution is 9.10. The summed E-state index contributed by atoms with van der Waals surface area (Å²) >= 11 is 3.41. The molecule has 1 atom stereocenters. The molecule has 0 aliphatic carbocycles. The van der Waals surface area contributed by atoms with Gasteiger partial charge < -0.3 is 9.16 Å². The molecule has 0 spiro atoms. The van der Waals surface area contributed by atoms with Crippen LogP contribution in [0.2, 0.25) is 18.1 Å². The molecule has 3 nitrogen and oxygen atoms in total. The van der Waals surface area contributed by atoms with E-state index in [0.717, 1.165) is 23.9 Å². The number of Topliss-reactive ketones (excluding diaryl/α,β-unsaturated/α-hetero) is 1. The Morgan fingerprint density at radius 3 is 2.62 bits per heavy atom. The molecule has 0 amide bonds. The van der Waals surface area contributed by atoms with Crippen molar-refractivity contribution in [3.05, 3.63) is 28.2 Å². The maximum Gasteiger partial charge on any atom is 0.191 e. The summed E-state index contributed by atoms with van der Waals surface area (Å²) in [6.07, 6.45) is 2.15. The third kappa shape index (κ3) is 4.49. The van der Waals surface area contributed by atoms with Crippen LogP contribution >= 0.6 is 15.9 Å². The van der Waals surface area contributed by atoms with Crippen LogP contribution < -0.4 is 4.74 Å². The monoisotopic (exact) mass is 412 g/mol. The number of carbonyl (C=O) groups is 1. The van der Waals surface area contributed by atoms with Gasteiger partial charge in [-0.15, -0.1) is 0 Å². The first-order chi connectivity index (χ1) is 10.9. The highest BCUT2D eigenvalue weighted by Gasteiger charge is 2.38. The predicted octanol–water partition coefficient (Wildman–Crippen LogP) is 5.98. The van der Waals surface area contributed by atoms with E-state index < -0.39 is 13.9 Å². The van der Waals surface area contributed by atoms with E-state index in [1.807, 2.05) is 25.1 Å². The van der Waals surface area contributed by atoms with Crippen molar-refractivity contribution in [3.8, 4) is 5.75 Å². The Labute approximate surface area is 155 Å². The van der Waals surface area contributed by atoms with Gasteiger partial charge >= 0.3 is 0 Å². The van der Waals surface area contributed by atoms with E-state index >= 15 is 0 Å². The van der Waals surface area contributed by atoms with E-state index in [0.29, 0.717) is 17.7 Å². The van der Waals surface area contributed by atoms with Gasteiger partial charge in [0.15, 0.2) is 14.1 Å².